The molecule has 1 N–H and O–H groups in total. The molecule has 1 aromatic carbocycles. The molecule has 13 heavy (non-hydrogen) atoms. The van der Waals surface area contributed by atoms with E-state index in [9.17, 15) is 5.11 Å². The van der Waals surface area contributed by atoms with Gasteiger partial charge in [0.05, 0.1) is 0 Å². The van der Waals surface area contributed by atoms with Gasteiger partial charge in [-0.2, -0.15) is 0 Å². The van der Waals surface area contributed by atoms with Gasteiger partial charge < -0.3 is 5.11 Å². The number of alkyl halides is 1. The lowest BCUT2D eigenvalue weighted by atomic mass is 9.86. The van der Waals surface area contributed by atoms with Gasteiger partial charge in [-0.05, 0) is 22.6 Å². The Labute approximate surface area is 93.3 Å². The molecule has 0 aliphatic carbocycles. The number of rotatable bonds is 1. The molecule has 0 aliphatic heterocycles. The minimum atomic E-state index is 0.0217. The Kier molecular flexibility index (Phi) is 3.22. The molecule has 1 rings (SSSR count). The fourth-order valence-electron chi connectivity index (χ4n) is 1.29. The average molecular weight is 290 g/mol. The van der Waals surface area contributed by atoms with Crippen molar-refractivity contribution in [1.29, 1.82) is 0 Å². The van der Waals surface area contributed by atoms with Gasteiger partial charge in [-0.3, -0.25) is 0 Å². The fourth-order valence-corrected chi connectivity index (χ4v) is 1.77. The smallest absolute Gasteiger partial charge is 0.119 e. The number of hydrogen-bond acceptors (Lipinski definition) is 1. The molecule has 0 atom stereocenters. The maximum atomic E-state index is 9.75. The van der Waals surface area contributed by atoms with Gasteiger partial charge >= 0.3 is 0 Å². The van der Waals surface area contributed by atoms with Gasteiger partial charge in [0.15, 0.2) is 0 Å². The monoisotopic (exact) mass is 290 g/mol. The molecule has 0 saturated carbocycles. The highest BCUT2D eigenvalue weighted by Gasteiger charge is 2.17. The summed E-state index contributed by atoms with van der Waals surface area (Å²) in [5.41, 5.74) is 2.21. The summed E-state index contributed by atoms with van der Waals surface area (Å²) < 4.78 is 0.940. The van der Waals surface area contributed by atoms with Gasteiger partial charge in [-0.25, -0.2) is 0 Å². The number of phenolic OH excluding ortho intramolecular Hbond substituents is 1. The lowest BCUT2D eigenvalue weighted by Gasteiger charge is -2.20. The number of phenols is 1. The Morgan fingerprint density at radius 1 is 1.31 bits per heavy atom. The Morgan fingerprint density at radius 2 is 1.92 bits per heavy atom. The molecule has 0 heterocycles. The van der Waals surface area contributed by atoms with Gasteiger partial charge in [-0.1, -0.05) is 55.5 Å². The summed E-state index contributed by atoms with van der Waals surface area (Å²) in [5, 5.41) is 9.75. The molecule has 1 nitrogen and oxygen atoms in total. The Hall–Kier alpha value is -0.250. The van der Waals surface area contributed by atoms with Crippen molar-refractivity contribution in [2.75, 3.05) is 0 Å². The van der Waals surface area contributed by atoms with Gasteiger partial charge in [0, 0.05) is 4.43 Å². The Bertz CT molecular complexity index is 299. The number of hydrogen-bond donors (Lipinski definition) is 1. The lowest BCUT2D eigenvalue weighted by molar-refractivity contribution is 0.446. The number of halogens is 1. The Morgan fingerprint density at radius 3 is 2.31 bits per heavy atom. The second-order valence-electron chi connectivity index (χ2n) is 4.24. The summed E-state index contributed by atoms with van der Waals surface area (Å²) >= 11 is 2.29. The van der Waals surface area contributed by atoms with Crippen LogP contribution in [0.15, 0.2) is 18.2 Å². The van der Waals surface area contributed by atoms with E-state index in [-0.39, 0.29) is 5.41 Å². The molecule has 0 radical (unpaired) electrons. The summed E-state index contributed by atoms with van der Waals surface area (Å²) in [6.07, 6.45) is 0. The van der Waals surface area contributed by atoms with E-state index in [0.717, 1.165) is 9.99 Å². The van der Waals surface area contributed by atoms with Crippen LogP contribution in [0.4, 0.5) is 0 Å². The first-order valence-corrected chi connectivity index (χ1v) is 5.86. The molecule has 0 aliphatic rings. The van der Waals surface area contributed by atoms with Crippen molar-refractivity contribution in [3.63, 3.8) is 0 Å². The summed E-state index contributed by atoms with van der Waals surface area (Å²) in [6, 6.07) is 5.95. The van der Waals surface area contributed by atoms with Crippen molar-refractivity contribution in [3.8, 4) is 5.75 Å². The predicted molar refractivity (Wildman–Crippen MR) is 64.5 cm³/mol. The van der Waals surface area contributed by atoms with Gasteiger partial charge in [0.1, 0.15) is 5.75 Å². The van der Waals surface area contributed by atoms with E-state index < -0.39 is 0 Å². The van der Waals surface area contributed by atoms with Crippen molar-refractivity contribution in [2.45, 2.75) is 30.6 Å². The van der Waals surface area contributed by atoms with Gasteiger partial charge in [0.25, 0.3) is 0 Å². The highest BCUT2D eigenvalue weighted by molar-refractivity contribution is 14.1. The van der Waals surface area contributed by atoms with Gasteiger partial charge in [-0.15, -0.1) is 0 Å². The molecule has 0 unspecified atom stereocenters. The van der Waals surface area contributed by atoms with Crippen LogP contribution in [-0.2, 0) is 9.84 Å². The molecule has 0 aromatic heterocycles. The van der Waals surface area contributed by atoms with E-state index in [2.05, 4.69) is 49.4 Å². The minimum absolute atomic E-state index is 0.0217. The first-order valence-electron chi connectivity index (χ1n) is 4.33. The number of aromatic hydroxyl groups is 1. The second-order valence-corrected chi connectivity index (χ2v) is 5.00. The molecule has 1 aromatic rings. The first-order chi connectivity index (χ1) is 5.95. The van der Waals surface area contributed by atoms with Crippen molar-refractivity contribution in [3.05, 3.63) is 29.3 Å². The quantitative estimate of drug-likeness (QED) is 0.618. The number of benzene rings is 1. The Balaban J connectivity index is 3.13. The van der Waals surface area contributed by atoms with Crippen molar-refractivity contribution in [1.82, 2.24) is 0 Å². The van der Waals surface area contributed by atoms with Crippen molar-refractivity contribution >= 4 is 22.6 Å². The maximum Gasteiger partial charge on any atom is 0.119 e. The highest BCUT2D eigenvalue weighted by atomic mass is 127. The third-order valence-corrected chi connectivity index (χ3v) is 2.91. The van der Waals surface area contributed by atoms with Gasteiger partial charge in [0.2, 0.25) is 0 Å². The summed E-state index contributed by atoms with van der Waals surface area (Å²) in [4.78, 5) is 0. The molecule has 0 saturated heterocycles. The van der Waals surface area contributed by atoms with Crippen LogP contribution in [0.2, 0.25) is 0 Å². The lowest BCUT2D eigenvalue weighted by Crippen LogP contribution is -2.11. The third-order valence-electron chi connectivity index (χ3n) is 2.02. The zero-order chi connectivity index (χ0) is 10.1. The molecular weight excluding hydrogens is 275 g/mol. The zero-order valence-electron chi connectivity index (χ0n) is 8.26. The SMILES string of the molecule is CC(C)(C)c1ccc(CI)cc1O. The average Bonchev–Trinajstić information content (AvgIpc) is 2.01. The van der Waals surface area contributed by atoms with Crippen LogP contribution in [0, 0.1) is 0 Å². The predicted octanol–water partition coefficient (Wildman–Crippen LogP) is 3.62. The van der Waals surface area contributed by atoms with Crippen LogP contribution in [0.25, 0.3) is 0 Å². The van der Waals surface area contributed by atoms with Crippen LogP contribution in [0.5, 0.6) is 5.75 Å². The second kappa shape index (κ2) is 3.86. The summed E-state index contributed by atoms with van der Waals surface area (Å²) in [6.45, 7) is 6.31. The summed E-state index contributed by atoms with van der Waals surface area (Å²) in [7, 11) is 0. The van der Waals surface area contributed by atoms with E-state index in [1.54, 1.807) is 0 Å². The van der Waals surface area contributed by atoms with Crippen molar-refractivity contribution < 1.29 is 5.11 Å². The first kappa shape index (κ1) is 10.8. The molecule has 0 bridgehead atoms. The third kappa shape index (κ3) is 2.59. The van der Waals surface area contributed by atoms with Crippen LogP contribution in [0.1, 0.15) is 31.9 Å². The topological polar surface area (TPSA) is 20.2 Å². The van der Waals surface area contributed by atoms with E-state index in [0.29, 0.717) is 5.75 Å². The molecule has 0 spiro atoms. The minimum Gasteiger partial charge on any atom is -0.508 e. The maximum absolute atomic E-state index is 9.75. The van der Waals surface area contributed by atoms with E-state index in [1.807, 2.05) is 12.1 Å². The molecule has 2 heteroatoms. The van der Waals surface area contributed by atoms with Crippen LogP contribution < -0.4 is 0 Å². The summed E-state index contributed by atoms with van der Waals surface area (Å²) in [5.74, 6) is 0.418. The van der Waals surface area contributed by atoms with Crippen LogP contribution >= 0.6 is 22.6 Å². The van der Waals surface area contributed by atoms with E-state index >= 15 is 0 Å². The molecule has 0 amide bonds. The molecule has 72 valence electrons. The highest BCUT2D eigenvalue weighted by Crippen LogP contribution is 2.31. The fraction of sp³-hybridized carbons (Fsp3) is 0.455. The zero-order valence-corrected chi connectivity index (χ0v) is 10.4. The molecular formula is C11H15IO. The van der Waals surface area contributed by atoms with E-state index in [1.165, 1.54) is 5.56 Å². The van der Waals surface area contributed by atoms with E-state index in [4.69, 9.17) is 0 Å². The standard InChI is InChI=1S/C11H15IO/c1-11(2,3)9-5-4-8(7-12)6-10(9)13/h4-6,13H,7H2,1-3H3. The van der Waals surface area contributed by atoms with Crippen LogP contribution in [-0.4, -0.2) is 5.11 Å². The van der Waals surface area contributed by atoms with Crippen LogP contribution in [0.3, 0.4) is 0 Å². The molecule has 0 fully saturated rings. The largest absolute Gasteiger partial charge is 0.508 e. The van der Waals surface area contributed by atoms with Crippen molar-refractivity contribution in [2.24, 2.45) is 0 Å². The normalized spacial score (nSPS) is 11.7.